The van der Waals surface area contributed by atoms with Crippen LogP contribution in [0.25, 0.3) is 28.0 Å². The number of rotatable bonds is 4. The second-order valence-corrected chi connectivity index (χ2v) is 7.85. The van der Waals surface area contributed by atoms with Crippen LogP contribution in [0.3, 0.4) is 0 Å². The molecule has 2 aromatic heterocycles. The molecule has 4 heterocycles. The normalized spacial score (nSPS) is 23.6. The van der Waals surface area contributed by atoms with Crippen molar-refractivity contribution in [1.82, 2.24) is 25.7 Å². The number of benzene rings is 1. The van der Waals surface area contributed by atoms with Gasteiger partial charge in [-0.25, -0.2) is 0 Å². The minimum absolute atomic E-state index is 0.175. The standard InChI is InChI=1S/C22H23N5O/c1-13(15-8-17-3-4-18(9-15)25-17)20-6-7-21(27-26-20)19-5-2-14(10-22(19)28)16-11-23-24-12-16/h2,5-7,10-12,15,17-18,25,28H,1,3-4,8-9H2,(H,23,24)/t15-,17-,18+. The number of aromatic hydroxyl groups is 1. The van der Waals surface area contributed by atoms with E-state index in [0.29, 0.717) is 29.3 Å². The Kier molecular flexibility index (Phi) is 4.20. The number of phenolic OH excluding ortho intramolecular Hbond substituents is 1. The third-order valence-electron chi connectivity index (χ3n) is 6.06. The number of hydrogen-bond donors (Lipinski definition) is 3. The number of aromatic nitrogens is 4. The lowest BCUT2D eigenvalue weighted by molar-refractivity contribution is 0.351. The Balaban J connectivity index is 1.36. The van der Waals surface area contributed by atoms with Crippen molar-refractivity contribution >= 4 is 5.57 Å². The van der Waals surface area contributed by atoms with Gasteiger partial charge < -0.3 is 10.4 Å². The largest absolute Gasteiger partial charge is 0.507 e. The van der Waals surface area contributed by atoms with Crippen LogP contribution >= 0.6 is 0 Å². The molecule has 6 nitrogen and oxygen atoms in total. The van der Waals surface area contributed by atoms with E-state index < -0.39 is 0 Å². The van der Waals surface area contributed by atoms with Gasteiger partial charge in [0.25, 0.3) is 0 Å². The molecule has 2 aliphatic rings. The number of nitrogens with zero attached hydrogens (tertiary/aromatic N) is 3. The van der Waals surface area contributed by atoms with E-state index in [9.17, 15) is 5.11 Å². The van der Waals surface area contributed by atoms with Crippen molar-refractivity contribution in [3.05, 3.63) is 55.0 Å². The molecule has 3 aromatic rings. The van der Waals surface area contributed by atoms with Crippen molar-refractivity contribution < 1.29 is 5.11 Å². The van der Waals surface area contributed by atoms with Crippen LogP contribution in [0.5, 0.6) is 5.75 Å². The lowest BCUT2D eigenvalue weighted by Crippen LogP contribution is -2.38. The van der Waals surface area contributed by atoms with Gasteiger partial charge >= 0.3 is 0 Å². The van der Waals surface area contributed by atoms with E-state index in [-0.39, 0.29) is 5.75 Å². The number of nitrogens with one attached hydrogen (secondary N) is 2. The Morgan fingerprint density at radius 2 is 1.86 bits per heavy atom. The number of hydrogen-bond acceptors (Lipinski definition) is 5. The summed E-state index contributed by atoms with van der Waals surface area (Å²) in [5.74, 6) is 0.649. The van der Waals surface area contributed by atoms with Crippen molar-refractivity contribution in [2.24, 2.45) is 5.92 Å². The molecule has 0 spiro atoms. The number of H-pyrrole nitrogens is 1. The third kappa shape index (κ3) is 3.10. The molecule has 5 rings (SSSR count). The van der Waals surface area contributed by atoms with Crippen LogP contribution in [0.4, 0.5) is 0 Å². The molecule has 1 aromatic carbocycles. The molecule has 2 fully saturated rings. The van der Waals surface area contributed by atoms with E-state index in [1.54, 1.807) is 18.5 Å². The lowest BCUT2D eigenvalue weighted by Gasteiger charge is -2.30. The average molecular weight is 373 g/mol. The van der Waals surface area contributed by atoms with Crippen LogP contribution in [0, 0.1) is 5.92 Å². The van der Waals surface area contributed by atoms with E-state index in [4.69, 9.17) is 0 Å². The minimum atomic E-state index is 0.175. The molecule has 0 aliphatic carbocycles. The maximum Gasteiger partial charge on any atom is 0.125 e. The summed E-state index contributed by atoms with van der Waals surface area (Å²) in [4.78, 5) is 0. The van der Waals surface area contributed by atoms with Crippen LogP contribution < -0.4 is 5.32 Å². The predicted molar refractivity (Wildman–Crippen MR) is 108 cm³/mol. The molecule has 2 bridgehead atoms. The summed E-state index contributed by atoms with van der Waals surface area (Å²) >= 11 is 0. The summed E-state index contributed by atoms with van der Waals surface area (Å²) in [5.41, 5.74) is 5.07. The van der Waals surface area contributed by atoms with Gasteiger partial charge in [-0.2, -0.15) is 10.2 Å². The number of phenols is 1. The number of aromatic amines is 1. The van der Waals surface area contributed by atoms with Gasteiger partial charge in [-0.05, 0) is 67.0 Å². The summed E-state index contributed by atoms with van der Waals surface area (Å²) < 4.78 is 0. The van der Waals surface area contributed by atoms with Crippen LogP contribution in [0.15, 0.2) is 49.3 Å². The molecule has 3 atom stereocenters. The molecular weight excluding hydrogens is 350 g/mol. The van der Waals surface area contributed by atoms with E-state index >= 15 is 0 Å². The quantitative estimate of drug-likeness (QED) is 0.648. The highest BCUT2D eigenvalue weighted by Crippen LogP contribution is 2.38. The van der Waals surface area contributed by atoms with E-state index in [0.717, 1.165) is 35.2 Å². The maximum atomic E-state index is 10.5. The lowest BCUT2D eigenvalue weighted by atomic mass is 9.85. The van der Waals surface area contributed by atoms with Gasteiger partial charge in [0.2, 0.25) is 0 Å². The molecule has 0 saturated carbocycles. The van der Waals surface area contributed by atoms with Gasteiger partial charge in [-0.3, -0.25) is 5.10 Å². The second kappa shape index (κ2) is 6.87. The third-order valence-corrected chi connectivity index (χ3v) is 6.06. The maximum absolute atomic E-state index is 10.5. The number of allylic oxidation sites excluding steroid dienone is 1. The summed E-state index contributed by atoms with van der Waals surface area (Å²) in [6.07, 6.45) is 8.33. The molecule has 0 amide bonds. The molecule has 0 radical (unpaired) electrons. The first-order valence-corrected chi connectivity index (χ1v) is 9.79. The monoisotopic (exact) mass is 373 g/mol. The van der Waals surface area contributed by atoms with Gasteiger partial charge in [0.05, 0.1) is 17.6 Å². The Bertz CT molecular complexity index is 984. The molecule has 2 aliphatic heterocycles. The highest BCUT2D eigenvalue weighted by atomic mass is 16.3. The Morgan fingerprint density at radius 3 is 2.50 bits per heavy atom. The van der Waals surface area contributed by atoms with Gasteiger partial charge in [0.15, 0.2) is 0 Å². The van der Waals surface area contributed by atoms with Crippen molar-refractivity contribution in [3.8, 4) is 28.1 Å². The van der Waals surface area contributed by atoms with Gasteiger partial charge in [-0.15, -0.1) is 5.10 Å². The average Bonchev–Trinajstić information content (AvgIpc) is 3.37. The molecule has 28 heavy (non-hydrogen) atoms. The predicted octanol–water partition coefficient (Wildman–Crippen LogP) is 3.78. The molecule has 6 heteroatoms. The molecular formula is C22H23N5O. The van der Waals surface area contributed by atoms with Crippen LogP contribution in [0.1, 0.15) is 31.4 Å². The van der Waals surface area contributed by atoms with Crippen LogP contribution in [-0.4, -0.2) is 37.6 Å². The summed E-state index contributed by atoms with van der Waals surface area (Å²) in [5, 5.41) is 29.6. The Hall–Kier alpha value is -2.99. The van der Waals surface area contributed by atoms with E-state index in [2.05, 4.69) is 32.3 Å². The second-order valence-electron chi connectivity index (χ2n) is 7.85. The topological polar surface area (TPSA) is 86.7 Å². The molecule has 0 unspecified atom stereocenters. The first kappa shape index (κ1) is 17.1. The van der Waals surface area contributed by atoms with Crippen molar-refractivity contribution in [1.29, 1.82) is 0 Å². The minimum Gasteiger partial charge on any atom is -0.507 e. The summed E-state index contributed by atoms with van der Waals surface area (Å²) in [6.45, 7) is 4.32. The molecule has 3 N–H and O–H groups in total. The Labute approximate surface area is 163 Å². The fourth-order valence-electron chi connectivity index (χ4n) is 4.53. The first-order chi connectivity index (χ1) is 13.7. The van der Waals surface area contributed by atoms with Crippen LogP contribution in [0.2, 0.25) is 0 Å². The van der Waals surface area contributed by atoms with Gasteiger partial charge in [0.1, 0.15) is 5.75 Å². The zero-order valence-corrected chi connectivity index (χ0v) is 15.6. The van der Waals surface area contributed by atoms with Gasteiger partial charge in [0, 0.05) is 29.4 Å². The molecule has 142 valence electrons. The van der Waals surface area contributed by atoms with Crippen molar-refractivity contribution in [2.75, 3.05) is 0 Å². The zero-order valence-electron chi connectivity index (χ0n) is 15.6. The van der Waals surface area contributed by atoms with Crippen molar-refractivity contribution in [2.45, 2.75) is 37.8 Å². The van der Waals surface area contributed by atoms with Crippen molar-refractivity contribution in [3.63, 3.8) is 0 Å². The molecule has 2 saturated heterocycles. The summed E-state index contributed by atoms with van der Waals surface area (Å²) in [6, 6.07) is 10.7. The fraction of sp³-hybridized carbons (Fsp3) is 0.318. The number of piperidine rings is 1. The van der Waals surface area contributed by atoms with Gasteiger partial charge in [-0.1, -0.05) is 12.6 Å². The summed E-state index contributed by atoms with van der Waals surface area (Å²) in [7, 11) is 0. The Morgan fingerprint density at radius 1 is 1.04 bits per heavy atom. The SMILES string of the molecule is C=C(c1ccc(-c2ccc(-c3cn[nH]c3)cc2O)nn1)[C@@H]1C[C@H]2CC[C@@H](C1)N2. The highest BCUT2D eigenvalue weighted by Gasteiger charge is 2.35. The zero-order chi connectivity index (χ0) is 19.1. The highest BCUT2D eigenvalue weighted by molar-refractivity contribution is 5.74. The smallest absolute Gasteiger partial charge is 0.125 e. The fourth-order valence-corrected chi connectivity index (χ4v) is 4.53. The van der Waals surface area contributed by atoms with E-state index in [1.807, 2.05) is 24.3 Å². The first-order valence-electron chi connectivity index (χ1n) is 9.79. The van der Waals surface area contributed by atoms with Crippen LogP contribution in [-0.2, 0) is 0 Å². The number of fused-ring (bicyclic) bond motifs is 2. The van der Waals surface area contributed by atoms with E-state index in [1.165, 1.54) is 12.8 Å².